The lowest BCUT2D eigenvalue weighted by Crippen LogP contribution is -2.07. The van der Waals surface area contributed by atoms with Crippen LogP contribution < -0.4 is 0 Å². The van der Waals surface area contributed by atoms with Gasteiger partial charge in [-0.15, -0.1) is 79.4 Å². The van der Waals surface area contributed by atoms with Gasteiger partial charge >= 0.3 is 0 Å². The smallest absolute Gasteiger partial charge is 0.0651 e. The summed E-state index contributed by atoms with van der Waals surface area (Å²) < 4.78 is 12.6. The molecular formula is C48H64S7. The molecule has 0 spiro atoms. The van der Waals surface area contributed by atoms with Crippen molar-refractivity contribution in [3.8, 4) is 19.5 Å². The van der Waals surface area contributed by atoms with Gasteiger partial charge < -0.3 is 0 Å². The normalized spacial score (nSPS) is 12.9. The van der Waals surface area contributed by atoms with Crippen LogP contribution in [0.5, 0.6) is 0 Å². The molecule has 7 rings (SSSR count). The van der Waals surface area contributed by atoms with Crippen molar-refractivity contribution in [3.05, 3.63) is 45.1 Å². The highest BCUT2D eigenvalue weighted by Crippen LogP contribution is 2.58. The molecule has 0 radical (unpaired) electrons. The minimum absolute atomic E-state index is 0.191. The summed E-state index contributed by atoms with van der Waals surface area (Å²) in [5, 5.41) is 0. The van der Waals surface area contributed by atoms with Gasteiger partial charge in [-0.25, -0.2) is 0 Å². The number of rotatable bonds is 20. The number of hydrogen-bond donors (Lipinski definition) is 0. The van der Waals surface area contributed by atoms with Gasteiger partial charge in [0.05, 0.1) is 37.6 Å². The number of hydrogen-bond acceptors (Lipinski definition) is 7. The molecule has 0 saturated carbocycles. The second-order valence-electron chi connectivity index (χ2n) is 18.0. The average molecular weight is 866 g/mol. The van der Waals surface area contributed by atoms with E-state index in [2.05, 4.69) is 136 Å². The predicted octanol–water partition coefficient (Wildman–Crippen LogP) is 20.0. The molecular weight excluding hydrogens is 801 g/mol. The second kappa shape index (κ2) is 18.5. The lowest BCUT2D eigenvalue weighted by Gasteiger charge is -2.15. The molecule has 7 heterocycles. The summed E-state index contributed by atoms with van der Waals surface area (Å²) in [5.74, 6) is 0. The lowest BCUT2D eigenvalue weighted by atomic mass is 9.95. The first kappa shape index (κ1) is 42.1. The van der Waals surface area contributed by atoms with Gasteiger partial charge in [0.1, 0.15) is 0 Å². The summed E-state index contributed by atoms with van der Waals surface area (Å²) in [6.45, 7) is 18.8. The van der Waals surface area contributed by atoms with Crippen LogP contribution in [0.15, 0.2) is 24.3 Å². The Morgan fingerprint density at radius 2 is 0.655 bits per heavy atom. The van der Waals surface area contributed by atoms with Crippen molar-refractivity contribution in [1.82, 2.24) is 0 Å². The number of fused-ring (bicyclic) bond motifs is 7. The zero-order chi connectivity index (χ0) is 38.7. The molecule has 0 saturated heterocycles. The Bertz CT molecular complexity index is 2130. The van der Waals surface area contributed by atoms with Crippen LogP contribution in [0.4, 0.5) is 0 Å². The van der Waals surface area contributed by atoms with Crippen molar-refractivity contribution in [1.29, 1.82) is 0 Å². The van der Waals surface area contributed by atoms with E-state index in [1.807, 2.05) is 22.7 Å². The average Bonchev–Trinajstić information content (AvgIpc) is 3.98. The Hall–Kier alpha value is -1.06. The minimum Gasteiger partial charge on any atom is -0.139 e. The van der Waals surface area contributed by atoms with Gasteiger partial charge in [-0.1, -0.05) is 145 Å². The fourth-order valence-electron chi connectivity index (χ4n) is 7.95. The van der Waals surface area contributed by atoms with Crippen LogP contribution in [0.25, 0.3) is 57.1 Å². The molecule has 0 aromatic carbocycles. The first-order valence-electron chi connectivity index (χ1n) is 21.6. The maximum Gasteiger partial charge on any atom is 0.0651 e. The van der Waals surface area contributed by atoms with Crippen molar-refractivity contribution in [2.24, 2.45) is 0 Å². The Balaban J connectivity index is 1.23. The van der Waals surface area contributed by atoms with Crippen LogP contribution in [0.3, 0.4) is 0 Å². The van der Waals surface area contributed by atoms with Gasteiger partial charge in [-0.05, 0) is 71.9 Å². The van der Waals surface area contributed by atoms with Crippen LogP contribution in [-0.2, 0) is 23.7 Å². The Morgan fingerprint density at radius 1 is 0.345 bits per heavy atom. The summed E-state index contributed by atoms with van der Waals surface area (Å²) in [7, 11) is 0. The highest BCUT2D eigenvalue weighted by atomic mass is 32.1. The zero-order valence-electron chi connectivity index (χ0n) is 34.9. The molecule has 0 unspecified atom stereocenters. The van der Waals surface area contributed by atoms with E-state index in [1.165, 1.54) is 135 Å². The van der Waals surface area contributed by atoms with Crippen molar-refractivity contribution < 1.29 is 0 Å². The number of thiophene rings is 7. The SMILES string of the molecule is CCCCCCCCCCc1c(-c2ccc(C(C)(C)C)s2)sc2c1sc1c2sc2c3sc(-c4ccc(C(C)(C)C)s4)c(CCCCCCCCCC)c3sc21. The largest absolute Gasteiger partial charge is 0.139 e. The predicted molar refractivity (Wildman–Crippen MR) is 263 cm³/mol. The van der Waals surface area contributed by atoms with Crippen LogP contribution >= 0.6 is 79.4 Å². The van der Waals surface area contributed by atoms with E-state index >= 15 is 0 Å². The number of unbranched alkanes of at least 4 members (excludes halogenated alkanes) is 14. The van der Waals surface area contributed by atoms with E-state index < -0.39 is 0 Å². The monoisotopic (exact) mass is 864 g/mol. The molecule has 0 atom stereocenters. The molecule has 0 nitrogen and oxygen atoms in total. The van der Waals surface area contributed by atoms with E-state index in [-0.39, 0.29) is 10.8 Å². The Labute approximate surface area is 360 Å². The third kappa shape index (κ3) is 9.39. The number of aryl methyl sites for hydroxylation is 2. The fraction of sp³-hybridized carbons (Fsp3) is 0.583. The van der Waals surface area contributed by atoms with Crippen molar-refractivity contribution in [3.63, 3.8) is 0 Å². The minimum atomic E-state index is 0.191. The third-order valence-electron chi connectivity index (χ3n) is 11.3. The highest BCUT2D eigenvalue weighted by molar-refractivity contribution is 7.49. The van der Waals surface area contributed by atoms with Crippen LogP contribution in [0.2, 0.25) is 0 Å². The molecule has 0 fully saturated rings. The van der Waals surface area contributed by atoms with E-state index in [9.17, 15) is 0 Å². The molecule has 0 aliphatic carbocycles. The van der Waals surface area contributed by atoms with Crippen molar-refractivity contribution in [2.45, 2.75) is 182 Å². The molecule has 55 heavy (non-hydrogen) atoms. The van der Waals surface area contributed by atoms with Crippen molar-refractivity contribution in [2.75, 3.05) is 0 Å². The fourth-order valence-corrected chi connectivity index (χ4v) is 18.2. The zero-order valence-corrected chi connectivity index (χ0v) is 40.6. The van der Waals surface area contributed by atoms with E-state index in [1.54, 1.807) is 58.5 Å². The van der Waals surface area contributed by atoms with Crippen LogP contribution in [-0.4, -0.2) is 0 Å². The summed E-state index contributed by atoms with van der Waals surface area (Å²) in [6.07, 6.45) is 24.5. The molecule has 7 heteroatoms. The molecule has 0 aliphatic rings. The standard InChI is InChI=1S/C48H64S7/c1-9-11-13-15-17-19-21-23-25-31-37(33-27-29-35(49-33)47(3,4)5)51-41-39(31)53-45-43(41)55-44-42-40(54-46(44)45)32(26-24-22-20-18-16-14-12-10-2)38(52-42)34-28-30-36(50-34)48(6,7)8/h27-30H,9-26H2,1-8H3. The molecule has 0 N–H and O–H groups in total. The Kier molecular flexibility index (Phi) is 14.1. The van der Waals surface area contributed by atoms with Crippen LogP contribution in [0.1, 0.15) is 179 Å². The van der Waals surface area contributed by atoms with Gasteiger partial charge in [-0.3, -0.25) is 0 Å². The van der Waals surface area contributed by atoms with Crippen molar-refractivity contribution >= 4 is 117 Å². The summed E-state index contributed by atoms with van der Waals surface area (Å²) in [6, 6.07) is 9.67. The van der Waals surface area contributed by atoms with E-state index in [4.69, 9.17) is 0 Å². The van der Waals surface area contributed by atoms with Gasteiger partial charge in [0.25, 0.3) is 0 Å². The van der Waals surface area contributed by atoms with Gasteiger partial charge in [0, 0.05) is 29.3 Å². The lowest BCUT2D eigenvalue weighted by molar-refractivity contribution is 0.576. The molecule has 7 aromatic rings. The topological polar surface area (TPSA) is 0 Å². The first-order chi connectivity index (χ1) is 26.5. The molecule has 0 aliphatic heterocycles. The third-order valence-corrected chi connectivity index (χ3v) is 21.8. The van der Waals surface area contributed by atoms with Gasteiger partial charge in [0.2, 0.25) is 0 Å². The summed E-state index contributed by atoms with van der Waals surface area (Å²) in [5.41, 5.74) is 3.68. The Morgan fingerprint density at radius 3 is 0.982 bits per heavy atom. The molecule has 7 aromatic heterocycles. The van der Waals surface area contributed by atoms with Gasteiger partial charge in [0.15, 0.2) is 0 Å². The summed E-state index contributed by atoms with van der Waals surface area (Å²) >= 11 is 14.7. The van der Waals surface area contributed by atoms with E-state index in [0.717, 1.165) is 0 Å². The van der Waals surface area contributed by atoms with E-state index in [0.29, 0.717) is 0 Å². The maximum atomic E-state index is 2.43. The van der Waals surface area contributed by atoms with Crippen LogP contribution in [0, 0.1) is 0 Å². The summed E-state index contributed by atoms with van der Waals surface area (Å²) in [4.78, 5) is 9.09. The molecule has 0 bridgehead atoms. The maximum absolute atomic E-state index is 2.43. The van der Waals surface area contributed by atoms with Gasteiger partial charge in [-0.2, -0.15) is 0 Å². The second-order valence-corrected chi connectivity index (χ2v) is 25.3. The molecule has 0 amide bonds. The first-order valence-corrected chi connectivity index (χ1v) is 27.3. The quantitative estimate of drug-likeness (QED) is 0.0670. The molecule has 298 valence electrons. The highest BCUT2D eigenvalue weighted by Gasteiger charge is 2.27.